The van der Waals surface area contributed by atoms with E-state index in [4.69, 9.17) is 0 Å². The molecular formula is C12H16BrFS. The molecule has 15 heavy (non-hydrogen) atoms. The molecule has 0 aliphatic rings. The fourth-order valence-electron chi connectivity index (χ4n) is 1.52. The second-order valence-corrected chi connectivity index (χ2v) is 5.27. The van der Waals surface area contributed by atoms with Crippen LogP contribution in [0.3, 0.4) is 0 Å². The molecule has 0 aliphatic heterocycles. The van der Waals surface area contributed by atoms with Crippen LogP contribution in [0.4, 0.5) is 4.39 Å². The summed E-state index contributed by atoms with van der Waals surface area (Å²) in [5, 5.41) is 0.990. The fraction of sp³-hybridized carbons (Fsp3) is 0.500. The van der Waals surface area contributed by atoms with E-state index in [-0.39, 0.29) is 5.82 Å². The van der Waals surface area contributed by atoms with E-state index in [1.54, 1.807) is 12.1 Å². The fourth-order valence-corrected chi connectivity index (χ4v) is 2.64. The summed E-state index contributed by atoms with van der Waals surface area (Å²) in [6.07, 6.45) is 4.26. The van der Waals surface area contributed by atoms with E-state index >= 15 is 0 Å². The quantitative estimate of drug-likeness (QED) is 0.710. The van der Waals surface area contributed by atoms with Crippen molar-refractivity contribution in [3.63, 3.8) is 0 Å². The first-order chi connectivity index (χ1) is 7.26. The maximum Gasteiger partial charge on any atom is 0.123 e. The van der Waals surface area contributed by atoms with Gasteiger partial charge in [-0.15, -0.1) is 0 Å². The van der Waals surface area contributed by atoms with Crippen LogP contribution in [-0.2, 0) is 6.42 Å². The van der Waals surface area contributed by atoms with Gasteiger partial charge in [0.05, 0.1) is 0 Å². The number of rotatable bonds is 6. The lowest BCUT2D eigenvalue weighted by molar-refractivity contribution is 0.572. The maximum absolute atomic E-state index is 13.0. The molecular weight excluding hydrogens is 275 g/mol. The summed E-state index contributed by atoms with van der Waals surface area (Å²) in [6.45, 7) is 0. The molecule has 0 bridgehead atoms. The van der Waals surface area contributed by atoms with E-state index in [0.717, 1.165) is 17.3 Å². The van der Waals surface area contributed by atoms with Crippen molar-refractivity contribution < 1.29 is 4.39 Å². The van der Waals surface area contributed by atoms with Crippen LogP contribution >= 0.6 is 27.7 Å². The molecule has 1 unspecified atom stereocenters. The monoisotopic (exact) mass is 290 g/mol. The lowest BCUT2D eigenvalue weighted by Gasteiger charge is -2.13. The molecule has 0 nitrogen and oxygen atoms in total. The molecule has 1 rings (SSSR count). The van der Waals surface area contributed by atoms with Crippen LogP contribution in [0.15, 0.2) is 24.3 Å². The summed E-state index contributed by atoms with van der Waals surface area (Å²) >= 11 is 5.38. The van der Waals surface area contributed by atoms with Crippen LogP contribution in [0.5, 0.6) is 0 Å². The molecule has 1 aromatic carbocycles. The van der Waals surface area contributed by atoms with Gasteiger partial charge in [0.25, 0.3) is 0 Å². The third kappa shape index (κ3) is 5.03. The van der Waals surface area contributed by atoms with Gasteiger partial charge < -0.3 is 0 Å². The van der Waals surface area contributed by atoms with Gasteiger partial charge in [-0.2, -0.15) is 11.8 Å². The topological polar surface area (TPSA) is 0 Å². The van der Waals surface area contributed by atoms with Crippen LogP contribution in [0.1, 0.15) is 12.0 Å². The highest BCUT2D eigenvalue weighted by molar-refractivity contribution is 9.09. The highest BCUT2D eigenvalue weighted by atomic mass is 79.9. The molecule has 0 aliphatic carbocycles. The molecule has 0 saturated carbocycles. The lowest BCUT2D eigenvalue weighted by atomic mass is 9.99. The summed E-state index contributed by atoms with van der Waals surface area (Å²) < 4.78 is 13.0. The Balaban J connectivity index is 2.50. The molecule has 0 aromatic heterocycles. The zero-order valence-electron chi connectivity index (χ0n) is 8.88. The van der Waals surface area contributed by atoms with Gasteiger partial charge in [0, 0.05) is 5.33 Å². The first-order valence-corrected chi connectivity index (χ1v) is 7.57. The first kappa shape index (κ1) is 13.0. The van der Waals surface area contributed by atoms with Gasteiger partial charge in [0.15, 0.2) is 0 Å². The minimum Gasteiger partial charge on any atom is -0.207 e. The van der Waals surface area contributed by atoms with Gasteiger partial charge in [-0.3, -0.25) is 0 Å². The van der Waals surface area contributed by atoms with Gasteiger partial charge >= 0.3 is 0 Å². The molecule has 0 heterocycles. The zero-order valence-corrected chi connectivity index (χ0v) is 11.3. The summed E-state index contributed by atoms with van der Waals surface area (Å²) in [5.74, 6) is 1.65. The Morgan fingerprint density at radius 1 is 1.47 bits per heavy atom. The molecule has 3 heteroatoms. The van der Waals surface area contributed by atoms with Gasteiger partial charge in [-0.25, -0.2) is 4.39 Å². The van der Waals surface area contributed by atoms with Crippen molar-refractivity contribution in [2.45, 2.75) is 12.8 Å². The van der Waals surface area contributed by atoms with Crippen LogP contribution in [-0.4, -0.2) is 17.3 Å². The van der Waals surface area contributed by atoms with Gasteiger partial charge in [0.2, 0.25) is 0 Å². The van der Waals surface area contributed by atoms with Gasteiger partial charge in [0.1, 0.15) is 5.82 Å². The smallest absolute Gasteiger partial charge is 0.123 e. The first-order valence-electron chi connectivity index (χ1n) is 5.05. The molecule has 1 aromatic rings. The van der Waals surface area contributed by atoms with Crippen LogP contribution in [0.25, 0.3) is 0 Å². The van der Waals surface area contributed by atoms with E-state index in [1.165, 1.54) is 18.2 Å². The third-order valence-electron chi connectivity index (χ3n) is 2.36. The standard InChI is InChI=1S/C12H16BrFS/c1-15-6-5-11(9-13)7-10-3-2-4-12(14)8-10/h2-4,8,11H,5-7,9H2,1H3. The zero-order chi connectivity index (χ0) is 11.1. The number of thioether (sulfide) groups is 1. The highest BCUT2D eigenvalue weighted by Gasteiger charge is 2.08. The van der Waals surface area contributed by atoms with E-state index in [1.807, 2.05) is 17.8 Å². The van der Waals surface area contributed by atoms with E-state index in [2.05, 4.69) is 22.2 Å². The summed E-state index contributed by atoms with van der Waals surface area (Å²) in [5.41, 5.74) is 1.10. The molecule has 0 spiro atoms. The predicted molar refractivity (Wildman–Crippen MR) is 70.4 cm³/mol. The largest absolute Gasteiger partial charge is 0.207 e. The second-order valence-electron chi connectivity index (χ2n) is 3.64. The van der Waals surface area contributed by atoms with Crippen molar-refractivity contribution in [2.24, 2.45) is 5.92 Å². The Labute approximate surface area is 104 Å². The number of alkyl halides is 1. The minimum absolute atomic E-state index is 0.134. The third-order valence-corrected chi connectivity index (χ3v) is 3.92. The second kappa shape index (κ2) is 7.29. The SMILES string of the molecule is CSCCC(CBr)Cc1cccc(F)c1. The van der Waals surface area contributed by atoms with E-state index in [0.29, 0.717) is 5.92 Å². The van der Waals surface area contributed by atoms with Gasteiger partial charge in [-0.05, 0) is 48.5 Å². The van der Waals surface area contributed by atoms with Crippen molar-refractivity contribution in [1.82, 2.24) is 0 Å². The number of halogens is 2. The Morgan fingerprint density at radius 3 is 2.87 bits per heavy atom. The molecule has 0 saturated heterocycles. The van der Waals surface area contributed by atoms with Crippen molar-refractivity contribution >= 4 is 27.7 Å². The number of hydrogen-bond donors (Lipinski definition) is 0. The van der Waals surface area contributed by atoms with Crippen molar-refractivity contribution in [2.75, 3.05) is 17.3 Å². The molecule has 0 N–H and O–H groups in total. The minimum atomic E-state index is -0.134. The molecule has 0 radical (unpaired) electrons. The lowest BCUT2D eigenvalue weighted by Crippen LogP contribution is -2.07. The average Bonchev–Trinajstić information content (AvgIpc) is 2.24. The van der Waals surface area contributed by atoms with Gasteiger partial charge in [-0.1, -0.05) is 28.1 Å². The summed E-state index contributed by atoms with van der Waals surface area (Å²) in [6, 6.07) is 6.91. The van der Waals surface area contributed by atoms with E-state index in [9.17, 15) is 4.39 Å². The number of benzene rings is 1. The molecule has 1 atom stereocenters. The molecule has 0 amide bonds. The number of hydrogen-bond acceptors (Lipinski definition) is 1. The van der Waals surface area contributed by atoms with Crippen molar-refractivity contribution in [3.05, 3.63) is 35.6 Å². The highest BCUT2D eigenvalue weighted by Crippen LogP contribution is 2.17. The Bertz CT molecular complexity index is 291. The van der Waals surface area contributed by atoms with Crippen molar-refractivity contribution in [1.29, 1.82) is 0 Å². The van der Waals surface area contributed by atoms with E-state index < -0.39 is 0 Å². The van der Waals surface area contributed by atoms with Crippen LogP contribution in [0.2, 0.25) is 0 Å². The Hall–Kier alpha value is -0.0200. The van der Waals surface area contributed by atoms with Crippen molar-refractivity contribution in [3.8, 4) is 0 Å². The maximum atomic E-state index is 13.0. The Morgan fingerprint density at radius 2 is 2.27 bits per heavy atom. The van der Waals surface area contributed by atoms with Crippen LogP contribution < -0.4 is 0 Å². The Kier molecular flexibility index (Phi) is 6.34. The van der Waals surface area contributed by atoms with Crippen LogP contribution in [0, 0.1) is 11.7 Å². The summed E-state index contributed by atoms with van der Waals surface area (Å²) in [4.78, 5) is 0. The molecule has 0 fully saturated rings. The average molecular weight is 291 g/mol. The molecule has 84 valence electrons. The predicted octanol–water partition coefficient (Wildman–Crippen LogP) is 4.13. The normalized spacial score (nSPS) is 12.7. The summed E-state index contributed by atoms with van der Waals surface area (Å²) in [7, 11) is 0.